The monoisotopic (exact) mass is 396 g/mol. The predicted molar refractivity (Wildman–Crippen MR) is 111 cm³/mol. The number of imidazole rings is 1. The van der Waals surface area contributed by atoms with E-state index in [9.17, 15) is 9.59 Å². The minimum Gasteiger partial charge on any atom is -0.322 e. The lowest BCUT2D eigenvalue weighted by molar-refractivity contribution is -0.118. The summed E-state index contributed by atoms with van der Waals surface area (Å²) in [5.74, 6) is 0.0543. The summed E-state index contributed by atoms with van der Waals surface area (Å²) < 4.78 is 1.78. The second-order valence-corrected chi connectivity index (χ2v) is 7.18. The zero-order valence-electron chi connectivity index (χ0n) is 15.9. The largest absolute Gasteiger partial charge is 0.322 e. The molecule has 0 aliphatic rings. The molecule has 1 heterocycles. The predicted octanol–water partition coefficient (Wildman–Crippen LogP) is 4.68. The Morgan fingerprint density at radius 3 is 2.43 bits per heavy atom. The fourth-order valence-corrected chi connectivity index (χ4v) is 2.64. The standard InChI is InChI=1S/C21H21ClN4O2/c1-13(2)20(27)25-19-11-26(12-23-19)17-8-5-15(6-9-17)21(28)24-16-7-4-14(3)18(22)10-16/h4-13H,1-3H3,(H,24,28)(H,25,27). The van der Waals surface area contributed by atoms with Crippen molar-refractivity contribution in [1.82, 2.24) is 9.55 Å². The van der Waals surface area contributed by atoms with Gasteiger partial charge in [0.25, 0.3) is 5.91 Å². The maximum absolute atomic E-state index is 12.4. The summed E-state index contributed by atoms with van der Waals surface area (Å²) in [6, 6.07) is 12.5. The maximum Gasteiger partial charge on any atom is 0.255 e. The van der Waals surface area contributed by atoms with E-state index in [-0.39, 0.29) is 17.7 Å². The third-order valence-electron chi connectivity index (χ3n) is 4.22. The Morgan fingerprint density at radius 1 is 1.07 bits per heavy atom. The third kappa shape index (κ3) is 4.58. The van der Waals surface area contributed by atoms with Crippen LogP contribution in [-0.2, 0) is 4.79 Å². The Balaban J connectivity index is 1.69. The molecule has 2 aromatic carbocycles. The highest BCUT2D eigenvalue weighted by Gasteiger charge is 2.10. The number of amides is 2. The lowest BCUT2D eigenvalue weighted by Gasteiger charge is -2.08. The van der Waals surface area contributed by atoms with E-state index in [0.29, 0.717) is 22.1 Å². The highest BCUT2D eigenvalue weighted by atomic mass is 35.5. The fraction of sp³-hybridized carbons (Fsp3) is 0.190. The van der Waals surface area contributed by atoms with Crippen LogP contribution in [0.25, 0.3) is 5.69 Å². The molecule has 0 aliphatic carbocycles. The molecule has 0 saturated carbocycles. The number of benzene rings is 2. The Kier molecular flexibility index (Phi) is 5.80. The van der Waals surface area contributed by atoms with Crippen molar-refractivity contribution < 1.29 is 9.59 Å². The first-order valence-corrected chi connectivity index (χ1v) is 9.24. The number of aryl methyl sites for hydroxylation is 1. The minimum absolute atomic E-state index is 0.0894. The maximum atomic E-state index is 12.4. The van der Waals surface area contributed by atoms with Crippen LogP contribution in [0.5, 0.6) is 0 Å². The van der Waals surface area contributed by atoms with Crippen molar-refractivity contribution in [2.45, 2.75) is 20.8 Å². The lowest BCUT2D eigenvalue weighted by Crippen LogP contribution is -2.17. The fourth-order valence-electron chi connectivity index (χ4n) is 2.46. The molecular formula is C21H21ClN4O2. The number of carbonyl (C=O) groups excluding carboxylic acids is 2. The Hall–Kier alpha value is -3.12. The third-order valence-corrected chi connectivity index (χ3v) is 4.62. The quantitative estimate of drug-likeness (QED) is 0.657. The van der Waals surface area contributed by atoms with Gasteiger partial charge in [0.2, 0.25) is 5.91 Å². The summed E-state index contributed by atoms with van der Waals surface area (Å²) in [6.07, 6.45) is 3.34. The second-order valence-electron chi connectivity index (χ2n) is 6.78. The van der Waals surface area contributed by atoms with Crippen LogP contribution >= 0.6 is 11.6 Å². The molecule has 6 nitrogen and oxygen atoms in total. The highest BCUT2D eigenvalue weighted by Crippen LogP contribution is 2.21. The van der Waals surface area contributed by atoms with E-state index in [4.69, 9.17) is 11.6 Å². The van der Waals surface area contributed by atoms with E-state index in [1.165, 1.54) is 0 Å². The van der Waals surface area contributed by atoms with Crippen molar-refractivity contribution in [3.63, 3.8) is 0 Å². The number of nitrogens with zero attached hydrogens (tertiary/aromatic N) is 2. The van der Waals surface area contributed by atoms with E-state index in [1.807, 2.05) is 45.0 Å². The Labute approximate surface area is 168 Å². The van der Waals surface area contributed by atoms with Gasteiger partial charge in [-0.3, -0.25) is 9.59 Å². The van der Waals surface area contributed by atoms with Crippen LogP contribution in [-0.4, -0.2) is 21.4 Å². The summed E-state index contributed by atoms with van der Waals surface area (Å²) in [5.41, 5.74) is 2.94. The number of nitrogens with one attached hydrogen (secondary N) is 2. The van der Waals surface area contributed by atoms with Gasteiger partial charge in [-0.2, -0.15) is 0 Å². The molecule has 144 valence electrons. The first-order chi connectivity index (χ1) is 13.3. The van der Waals surface area contributed by atoms with E-state index in [1.54, 1.807) is 35.3 Å². The summed E-state index contributed by atoms with van der Waals surface area (Å²) in [5, 5.41) is 6.19. The molecule has 0 aliphatic heterocycles. The molecule has 0 atom stereocenters. The zero-order chi connectivity index (χ0) is 20.3. The van der Waals surface area contributed by atoms with E-state index < -0.39 is 0 Å². The van der Waals surface area contributed by atoms with Crippen molar-refractivity contribution in [3.05, 3.63) is 71.1 Å². The van der Waals surface area contributed by atoms with Gasteiger partial charge in [-0.25, -0.2) is 4.98 Å². The number of halogens is 1. The number of rotatable bonds is 5. The van der Waals surface area contributed by atoms with Crippen LogP contribution in [0.15, 0.2) is 55.0 Å². The molecule has 0 bridgehead atoms. The molecule has 7 heteroatoms. The molecular weight excluding hydrogens is 376 g/mol. The minimum atomic E-state index is -0.220. The van der Waals surface area contributed by atoms with Gasteiger partial charge in [-0.05, 0) is 48.9 Å². The molecule has 0 unspecified atom stereocenters. The Morgan fingerprint density at radius 2 is 1.79 bits per heavy atom. The van der Waals surface area contributed by atoms with Crippen LogP contribution in [0.2, 0.25) is 5.02 Å². The van der Waals surface area contributed by atoms with Gasteiger partial charge in [0.1, 0.15) is 6.33 Å². The van der Waals surface area contributed by atoms with Crippen LogP contribution < -0.4 is 10.6 Å². The molecule has 2 amide bonds. The molecule has 28 heavy (non-hydrogen) atoms. The van der Waals surface area contributed by atoms with Gasteiger partial charge < -0.3 is 15.2 Å². The molecule has 0 fully saturated rings. The van der Waals surface area contributed by atoms with Crippen molar-refractivity contribution in [2.75, 3.05) is 10.6 Å². The van der Waals surface area contributed by atoms with E-state index in [2.05, 4.69) is 15.6 Å². The van der Waals surface area contributed by atoms with Crippen LogP contribution in [0.1, 0.15) is 29.8 Å². The first kappa shape index (κ1) is 19.6. The average molecular weight is 397 g/mol. The van der Waals surface area contributed by atoms with Gasteiger partial charge in [0.05, 0.1) is 6.20 Å². The number of hydrogen-bond donors (Lipinski definition) is 2. The summed E-state index contributed by atoms with van der Waals surface area (Å²) in [6.45, 7) is 5.55. The molecule has 3 rings (SSSR count). The van der Waals surface area contributed by atoms with E-state index >= 15 is 0 Å². The van der Waals surface area contributed by atoms with Crippen molar-refractivity contribution in [2.24, 2.45) is 5.92 Å². The summed E-state index contributed by atoms with van der Waals surface area (Å²) >= 11 is 6.10. The first-order valence-electron chi connectivity index (χ1n) is 8.86. The van der Waals surface area contributed by atoms with Gasteiger partial charge in [-0.1, -0.05) is 31.5 Å². The van der Waals surface area contributed by atoms with Crippen molar-refractivity contribution in [1.29, 1.82) is 0 Å². The number of hydrogen-bond acceptors (Lipinski definition) is 3. The Bertz CT molecular complexity index is 1010. The number of anilines is 2. The zero-order valence-corrected chi connectivity index (χ0v) is 16.6. The average Bonchev–Trinajstić information content (AvgIpc) is 3.13. The van der Waals surface area contributed by atoms with Gasteiger partial charge >= 0.3 is 0 Å². The topological polar surface area (TPSA) is 76.0 Å². The molecule has 0 saturated heterocycles. The number of aromatic nitrogens is 2. The van der Waals surface area contributed by atoms with Crippen molar-refractivity contribution in [3.8, 4) is 5.69 Å². The molecule has 0 radical (unpaired) electrons. The smallest absolute Gasteiger partial charge is 0.255 e. The molecule has 2 N–H and O–H groups in total. The molecule has 3 aromatic rings. The van der Waals surface area contributed by atoms with Crippen LogP contribution in [0.4, 0.5) is 11.5 Å². The second kappa shape index (κ2) is 8.27. The SMILES string of the molecule is Cc1ccc(NC(=O)c2ccc(-n3cnc(NC(=O)C(C)C)c3)cc2)cc1Cl. The van der Waals surface area contributed by atoms with Crippen molar-refractivity contribution >= 4 is 34.9 Å². The molecule has 1 aromatic heterocycles. The number of carbonyl (C=O) groups is 2. The van der Waals surface area contributed by atoms with Gasteiger partial charge in [-0.15, -0.1) is 0 Å². The lowest BCUT2D eigenvalue weighted by atomic mass is 10.1. The summed E-state index contributed by atoms with van der Waals surface area (Å²) in [4.78, 5) is 28.4. The summed E-state index contributed by atoms with van der Waals surface area (Å²) in [7, 11) is 0. The van der Waals surface area contributed by atoms with Gasteiger partial charge in [0.15, 0.2) is 5.82 Å². The molecule has 0 spiro atoms. The van der Waals surface area contributed by atoms with E-state index in [0.717, 1.165) is 11.3 Å². The normalized spacial score (nSPS) is 10.8. The van der Waals surface area contributed by atoms with Crippen LogP contribution in [0.3, 0.4) is 0 Å². The van der Waals surface area contributed by atoms with Crippen LogP contribution in [0, 0.1) is 12.8 Å². The van der Waals surface area contributed by atoms with Gasteiger partial charge in [0, 0.05) is 27.9 Å². The highest BCUT2D eigenvalue weighted by molar-refractivity contribution is 6.31.